The van der Waals surface area contributed by atoms with Crippen molar-refractivity contribution in [2.24, 2.45) is 0 Å². The number of benzene rings is 2. The first-order valence-corrected chi connectivity index (χ1v) is 8.89. The molecule has 0 bridgehead atoms. The third-order valence-corrected chi connectivity index (χ3v) is 4.63. The molecule has 1 aromatic heterocycles. The molecule has 0 fully saturated rings. The van der Waals surface area contributed by atoms with E-state index in [-0.39, 0.29) is 18.4 Å². The van der Waals surface area contributed by atoms with E-state index in [0.29, 0.717) is 5.76 Å². The molecular weight excluding hydrogens is 380 g/mol. The lowest BCUT2D eigenvalue weighted by atomic mass is 10.0. The predicted molar refractivity (Wildman–Crippen MR) is 101 cm³/mol. The summed E-state index contributed by atoms with van der Waals surface area (Å²) in [5, 5.41) is 7.07. The van der Waals surface area contributed by atoms with E-state index < -0.39 is 0 Å². The van der Waals surface area contributed by atoms with Gasteiger partial charge in [0, 0.05) is 15.6 Å². The molecule has 0 aliphatic heterocycles. The Kier molecular flexibility index (Phi) is 5.34. The first-order valence-electron chi connectivity index (χ1n) is 8.10. The Bertz CT molecular complexity index is 857. The number of carbonyl (C=O) groups is 1. The molecule has 0 spiro atoms. The molecule has 0 saturated heterocycles. The number of hydrogen-bond donors (Lipinski definition) is 1. The topological polar surface area (TPSA) is 55.1 Å². The van der Waals surface area contributed by atoms with Crippen LogP contribution < -0.4 is 5.32 Å². The fourth-order valence-corrected chi connectivity index (χ4v) is 2.97. The summed E-state index contributed by atoms with van der Waals surface area (Å²) in [5.74, 6) is 0.591. The first-order chi connectivity index (χ1) is 12.0. The number of nitrogens with zero attached hydrogens (tertiary/aromatic N) is 1. The molecule has 1 heterocycles. The lowest BCUT2D eigenvalue weighted by molar-refractivity contribution is -0.121. The second-order valence-corrected chi connectivity index (χ2v) is 6.87. The van der Waals surface area contributed by atoms with E-state index in [1.54, 1.807) is 0 Å². The smallest absolute Gasteiger partial charge is 0.225 e. The summed E-state index contributed by atoms with van der Waals surface area (Å²) < 4.78 is 6.46. The molecule has 0 aliphatic carbocycles. The van der Waals surface area contributed by atoms with Crippen LogP contribution in [-0.2, 0) is 11.2 Å². The molecule has 1 atom stereocenters. The van der Waals surface area contributed by atoms with Crippen LogP contribution in [0.2, 0.25) is 0 Å². The second kappa shape index (κ2) is 7.66. The van der Waals surface area contributed by atoms with Crippen molar-refractivity contribution in [2.75, 3.05) is 0 Å². The van der Waals surface area contributed by atoms with Gasteiger partial charge in [0.05, 0.1) is 18.2 Å². The van der Waals surface area contributed by atoms with Gasteiger partial charge in [0.25, 0.3) is 0 Å². The SMILES string of the molecule is Cc1noc(-c2ccc(Br)cc2)c1CC(=O)NC(C)c1ccccc1. The van der Waals surface area contributed by atoms with Gasteiger partial charge in [-0.1, -0.05) is 63.6 Å². The molecule has 0 radical (unpaired) electrons. The van der Waals surface area contributed by atoms with E-state index in [2.05, 4.69) is 26.4 Å². The van der Waals surface area contributed by atoms with Gasteiger partial charge in [-0.3, -0.25) is 4.79 Å². The fraction of sp³-hybridized carbons (Fsp3) is 0.200. The summed E-state index contributed by atoms with van der Waals surface area (Å²) in [6.07, 6.45) is 0.234. The lowest BCUT2D eigenvalue weighted by Crippen LogP contribution is -2.28. The van der Waals surface area contributed by atoms with Crippen molar-refractivity contribution >= 4 is 21.8 Å². The minimum absolute atomic E-state index is 0.0509. The Balaban J connectivity index is 1.75. The first kappa shape index (κ1) is 17.4. The molecule has 25 heavy (non-hydrogen) atoms. The van der Waals surface area contributed by atoms with Gasteiger partial charge in [-0.05, 0) is 31.5 Å². The number of nitrogens with one attached hydrogen (secondary N) is 1. The summed E-state index contributed by atoms with van der Waals surface area (Å²) >= 11 is 3.42. The van der Waals surface area contributed by atoms with Gasteiger partial charge in [-0.25, -0.2) is 0 Å². The van der Waals surface area contributed by atoms with Crippen LogP contribution in [0, 0.1) is 6.92 Å². The largest absolute Gasteiger partial charge is 0.356 e. The van der Waals surface area contributed by atoms with Crippen LogP contribution in [-0.4, -0.2) is 11.1 Å². The van der Waals surface area contributed by atoms with E-state index >= 15 is 0 Å². The Morgan fingerprint density at radius 3 is 2.52 bits per heavy atom. The molecule has 5 heteroatoms. The minimum atomic E-state index is -0.0546. The van der Waals surface area contributed by atoms with Gasteiger partial charge in [0.1, 0.15) is 0 Å². The number of rotatable bonds is 5. The van der Waals surface area contributed by atoms with Crippen molar-refractivity contribution in [1.82, 2.24) is 10.5 Å². The number of amides is 1. The summed E-state index contributed by atoms with van der Waals surface area (Å²) in [5.41, 5.74) is 3.54. The highest BCUT2D eigenvalue weighted by Crippen LogP contribution is 2.28. The van der Waals surface area contributed by atoms with Gasteiger partial charge in [-0.15, -0.1) is 0 Å². The molecule has 1 unspecified atom stereocenters. The van der Waals surface area contributed by atoms with Crippen LogP contribution in [0.15, 0.2) is 63.6 Å². The summed E-state index contributed by atoms with van der Waals surface area (Å²) in [6, 6.07) is 17.6. The molecular formula is C20H19BrN2O2. The van der Waals surface area contributed by atoms with Gasteiger partial charge < -0.3 is 9.84 Å². The Morgan fingerprint density at radius 2 is 1.84 bits per heavy atom. The van der Waals surface area contributed by atoms with Crippen LogP contribution in [0.25, 0.3) is 11.3 Å². The molecule has 1 amide bonds. The van der Waals surface area contributed by atoms with Crippen LogP contribution in [0.1, 0.15) is 29.8 Å². The average Bonchev–Trinajstić information content (AvgIpc) is 2.97. The number of halogens is 1. The van der Waals surface area contributed by atoms with Crippen LogP contribution in [0.4, 0.5) is 0 Å². The zero-order valence-corrected chi connectivity index (χ0v) is 15.7. The van der Waals surface area contributed by atoms with Gasteiger partial charge in [0.2, 0.25) is 5.91 Å². The van der Waals surface area contributed by atoms with Crippen molar-refractivity contribution in [1.29, 1.82) is 0 Å². The highest BCUT2D eigenvalue weighted by atomic mass is 79.9. The quantitative estimate of drug-likeness (QED) is 0.669. The predicted octanol–water partition coefficient (Wildman–Crippen LogP) is 4.83. The van der Waals surface area contributed by atoms with Crippen molar-refractivity contribution in [2.45, 2.75) is 26.3 Å². The Hall–Kier alpha value is -2.40. The highest BCUT2D eigenvalue weighted by Gasteiger charge is 2.19. The fourth-order valence-electron chi connectivity index (χ4n) is 2.70. The average molecular weight is 399 g/mol. The minimum Gasteiger partial charge on any atom is -0.356 e. The van der Waals surface area contributed by atoms with Crippen molar-refractivity contribution in [3.63, 3.8) is 0 Å². The summed E-state index contributed by atoms with van der Waals surface area (Å²) in [4.78, 5) is 12.5. The Morgan fingerprint density at radius 1 is 1.16 bits per heavy atom. The highest BCUT2D eigenvalue weighted by molar-refractivity contribution is 9.10. The van der Waals surface area contributed by atoms with Gasteiger partial charge >= 0.3 is 0 Å². The maximum absolute atomic E-state index is 12.5. The van der Waals surface area contributed by atoms with Crippen LogP contribution in [0.5, 0.6) is 0 Å². The van der Waals surface area contributed by atoms with E-state index in [0.717, 1.165) is 26.9 Å². The van der Waals surface area contributed by atoms with E-state index in [9.17, 15) is 4.79 Å². The maximum Gasteiger partial charge on any atom is 0.225 e. The monoisotopic (exact) mass is 398 g/mol. The molecule has 0 saturated carbocycles. The number of carbonyl (C=O) groups excluding carboxylic acids is 1. The van der Waals surface area contributed by atoms with Crippen molar-refractivity contribution in [3.05, 3.63) is 75.9 Å². The van der Waals surface area contributed by atoms with Gasteiger partial charge in [0.15, 0.2) is 5.76 Å². The third kappa shape index (κ3) is 4.17. The van der Waals surface area contributed by atoms with Crippen LogP contribution in [0.3, 0.4) is 0 Å². The maximum atomic E-state index is 12.5. The second-order valence-electron chi connectivity index (χ2n) is 5.96. The summed E-state index contributed by atoms with van der Waals surface area (Å²) in [7, 11) is 0. The zero-order chi connectivity index (χ0) is 17.8. The third-order valence-electron chi connectivity index (χ3n) is 4.11. The number of aryl methyl sites for hydroxylation is 1. The normalized spacial score (nSPS) is 12.0. The van der Waals surface area contributed by atoms with Gasteiger partial charge in [-0.2, -0.15) is 0 Å². The molecule has 2 aromatic carbocycles. The Labute approximate surface area is 155 Å². The van der Waals surface area contributed by atoms with E-state index in [4.69, 9.17) is 4.52 Å². The van der Waals surface area contributed by atoms with E-state index in [1.807, 2.05) is 68.4 Å². The molecule has 4 nitrogen and oxygen atoms in total. The molecule has 1 N–H and O–H groups in total. The zero-order valence-electron chi connectivity index (χ0n) is 14.1. The molecule has 3 aromatic rings. The summed E-state index contributed by atoms with van der Waals surface area (Å²) in [6.45, 7) is 3.83. The van der Waals surface area contributed by atoms with Crippen molar-refractivity contribution < 1.29 is 9.32 Å². The van der Waals surface area contributed by atoms with Crippen molar-refractivity contribution in [3.8, 4) is 11.3 Å². The lowest BCUT2D eigenvalue weighted by Gasteiger charge is -2.14. The number of aromatic nitrogens is 1. The standard InChI is InChI=1S/C20H19BrN2O2/c1-13(15-6-4-3-5-7-15)22-19(24)12-18-14(2)23-25-20(18)16-8-10-17(21)11-9-16/h3-11,13H,12H2,1-2H3,(H,22,24). The van der Waals surface area contributed by atoms with Crippen LogP contribution >= 0.6 is 15.9 Å². The molecule has 3 rings (SSSR count). The number of hydrogen-bond acceptors (Lipinski definition) is 3. The molecule has 128 valence electrons. The van der Waals surface area contributed by atoms with E-state index in [1.165, 1.54) is 0 Å². The molecule has 0 aliphatic rings.